The topological polar surface area (TPSA) is 40.5 Å². The Morgan fingerprint density at radius 1 is 1.24 bits per heavy atom. The predicted octanol–water partition coefficient (Wildman–Crippen LogP) is 3.92. The molecule has 0 saturated heterocycles. The molecule has 7 unspecified atom stereocenters. The zero-order valence-corrected chi connectivity index (χ0v) is 13.9. The minimum atomic E-state index is -0.590. The molecule has 2 fully saturated rings. The molecule has 0 aromatic rings. The molecule has 2 saturated carbocycles. The average molecular weight is 292 g/mol. The Hall–Kier alpha value is -0.340. The van der Waals surface area contributed by atoms with Crippen molar-refractivity contribution in [3.05, 3.63) is 12.2 Å². The molecule has 0 spiro atoms. The van der Waals surface area contributed by atoms with Crippen LogP contribution in [0.25, 0.3) is 0 Å². The number of fused-ring (bicyclic) bond motifs is 1. The van der Waals surface area contributed by atoms with Gasteiger partial charge in [-0.05, 0) is 74.5 Å². The Balaban J connectivity index is 1.65. The Kier molecular flexibility index (Phi) is 3.99. The van der Waals surface area contributed by atoms with Crippen molar-refractivity contribution in [2.75, 3.05) is 0 Å². The van der Waals surface area contributed by atoms with Crippen LogP contribution < -0.4 is 0 Å². The van der Waals surface area contributed by atoms with E-state index in [1.807, 2.05) is 13.0 Å². The van der Waals surface area contributed by atoms with Crippen LogP contribution >= 0.6 is 0 Å². The zero-order chi connectivity index (χ0) is 15.3. The minimum Gasteiger partial charge on any atom is -0.393 e. The second-order valence-electron chi connectivity index (χ2n) is 8.65. The highest BCUT2D eigenvalue weighted by atomic mass is 16.3. The smallest absolute Gasteiger partial charge is 0.0805 e. The molecular formula is C19H32O2. The SMILES string of the molecule is CC(CC1C=CC(C)(O)C1)C1CCC2C(O)CCCC12C. The Morgan fingerprint density at radius 2 is 2.00 bits per heavy atom. The fourth-order valence-electron chi connectivity index (χ4n) is 5.94. The largest absolute Gasteiger partial charge is 0.393 e. The summed E-state index contributed by atoms with van der Waals surface area (Å²) in [4.78, 5) is 0. The van der Waals surface area contributed by atoms with Crippen LogP contribution in [-0.2, 0) is 0 Å². The molecule has 0 heterocycles. The van der Waals surface area contributed by atoms with E-state index < -0.39 is 5.60 Å². The summed E-state index contributed by atoms with van der Waals surface area (Å²) in [6, 6.07) is 0. The maximum atomic E-state index is 10.4. The van der Waals surface area contributed by atoms with Crippen LogP contribution in [0, 0.1) is 29.1 Å². The Morgan fingerprint density at radius 3 is 2.67 bits per heavy atom. The molecule has 2 nitrogen and oxygen atoms in total. The van der Waals surface area contributed by atoms with Gasteiger partial charge < -0.3 is 10.2 Å². The van der Waals surface area contributed by atoms with Crippen LogP contribution in [0.1, 0.15) is 65.7 Å². The first-order valence-corrected chi connectivity index (χ1v) is 8.92. The summed E-state index contributed by atoms with van der Waals surface area (Å²) in [7, 11) is 0. The molecule has 3 aliphatic rings. The van der Waals surface area contributed by atoms with E-state index >= 15 is 0 Å². The van der Waals surface area contributed by atoms with E-state index in [0.717, 1.165) is 18.8 Å². The lowest BCUT2D eigenvalue weighted by Gasteiger charge is -2.45. The summed E-state index contributed by atoms with van der Waals surface area (Å²) in [5.41, 5.74) is -0.241. The third kappa shape index (κ3) is 2.82. The van der Waals surface area contributed by atoms with Gasteiger partial charge in [-0.1, -0.05) is 32.4 Å². The molecule has 120 valence electrons. The maximum absolute atomic E-state index is 10.4. The normalized spacial score (nSPS) is 51.1. The molecule has 3 aliphatic carbocycles. The third-order valence-electron chi connectivity index (χ3n) is 6.93. The van der Waals surface area contributed by atoms with Crippen LogP contribution in [0.4, 0.5) is 0 Å². The van der Waals surface area contributed by atoms with Crippen molar-refractivity contribution in [1.29, 1.82) is 0 Å². The van der Waals surface area contributed by atoms with Gasteiger partial charge >= 0.3 is 0 Å². The summed E-state index contributed by atoms with van der Waals surface area (Å²) in [6.07, 6.45) is 12.2. The van der Waals surface area contributed by atoms with E-state index in [1.54, 1.807) is 0 Å². The summed E-state index contributed by atoms with van der Waals surface area (Å²) in [5.74, 6) is 2.50. The first-order valence-electron chi connectivity index (χ1n) is 8.92. The first kappa shape index (κ1) is 15.6. The first-order chi connectivity index (χ1) is 9.82. The molecule has 2 N–H and O–H groups in total. The second-order valence-corrected chi connectivity index (χ2v) is 8.65. The molecule has 0 aliphatic heterocycles. The van der Waals surface area contributed by atoms with Gasteiger partial charge in [0.25, 0.3) is 0 Å². The number of aliphatic hydroxyl groups excluding tert-OH is 1. The Bertz CT molecular complexity index is 414. The van der Waals surface area contributed by atoms with Gasteiger partial charge in [-0.25, -0.2) is 0 Å². The lowest BCUT2D eigenvalue weighted by molar-refractivity contribution is -0.0289. The maximum Gasteiger partial charge on any atom is 0.0805 e. The fourth-order valence-corrected chi connectivity index (χ4v) is 5.94. The molecule has 0 bridgehead atoms. The molecule has 0 radical (unpaired) electrons. The van der Waals surface area contributed by atoms with Crippen molar-refractivity contribution >= 4 is 0 Å². The number of hydrogen-bond acceptors (Lipinski definition) is 2. The number of aliphatic hydroxyl groups is 2. The van der Waals surface area contributed by atoms with Crippen molar-refractivity contribution < 1.29 is 10.2 Å². The van der Waals surface area contributed by atoms with Crippen molar-refractivity contribution in [2.45, 2.75) is 77.4 Å². The van der Waals surface area contributed by atoms with Gasteiger partial charge in [0.1, 0.15) is 0 Å². The predicted molar refractivity (Wildman–Crippen MR) is 85.8 cm³/mol. The highest BCUT2D eigenvalue weighted by molar-refractivity contribution is 5.11. The van der Waals surface area contributed by atoms with E-state index in [9.17, 15) is 10.2 Å². The summed E-state index contributed by atoms with van der Waals surface area (Å²) in [6.45, 7) is 6.76. The summed E-state index contributed by atoms with van der Waals surface area (Å²) < 4.78 is 0. The van der Waals surface area contributed by atoms with Crippen LogP contribution in [0.3, 0.4) is 0 Å². The van der Waals surface area contributed by atoms with Crippen LogP contribution in [-0.4, -0.2) is 21.9 Å². The molecule has 3 rings (SSSR count). The van der Waals surface area contributed by atoms with Crippen LogP contribution in [0.5, 0.6) is 0 Å². The van der Waals surface area contributed by atoms with Crippen molar-refractivity contribution in [3.8, 4) is 0 Å². The van der Waals surface area contributed by atoms with Gasteiger partial charge in [-0.3, -0.25) is 0 Å². The van der Waals surface area contributed by atoms with Crippen molar-refractivity contribution in [3.63, 3.8) is 0 Å². The lowest BCUT2D eigenvalue weighted by atomic mass is 9.61. The minimum absolute atomic E-state index is 0.0620. The van der Waals surface area contributed by atoms with Crippen molar-refractivity contribution in [2.24, 2.45) is 29.1 Å². The van der Waals surface area contributed by atoms with E-state index in [2.05, 4.69) is 19.9 Å². The fraction of sp³-hybridized carbons (Fsp3) is 0.895. The quantitative estimate of drug-likeness (QED) is 0.774. The number of hydrogen-bond donors (Lipinski definition) is 2. The van der Waals surface area contributed by atoms with Gasteiger partial charge in [-0.2, -0.15) is 0 Å². The van der Waals surface area contributed by atoms with Gasteiger partial charge in [0.15, 0.2) is 0 Å². The van der Waals surface area contributed by atoms with Gasteiger partial charge in [-0.15, -0.1) is 0 Å². The molecule has 0 aromatic carbocycles. The highest BCUT2D eigenvalue weighted by Gasteiger charge is 2.52. The molecule has 0 aromatic heterocycles. The van der Waals surface area contributed by atoms with Crippen LogP contribution in [0.2, 0.25) is 0 Å². The highest BCUT2D eigenvalue weighted by Crippen LogP contribution is 2.58. The standard InChI is InChI=1S/C19H32O2/c1-13(11-14-8-10-18(2,21)12-14)15-6-7-16-17(20)5-4-9-19(15,16)3/h8,10,13-17,20-21H,4-7,9,11-12H2,1-3H3. The van der Waals surface area contributed by atoms with Gasteiger partial charge in [0.05, 0.1) is 11.7 Å². The molecule has 2 heteroatoms. The summed E-state index contributed by atoms with van der Waals surface area (Å²) >= 11 is 0. The molecule has 7 atom stereocenters. The lowest BCUT2D eigenvalue weighted by Crippen LogP contribution is -2.41. The number of allylic oxidation sites excluding steroid dienone is 1. The van der Waals surface area contributed by atoms with Crippen molar-refractivity contribution in [1.82, 2.24) is 0 Å². The average Bonchev–Trinajstić information content (AvgIpc) is 2.90. The number of rotatable bonds is 3. The van der Waals surface area contributed by atoms with Crippen LogP contribution in [0.15, 0.2) is 12.2 Å². The molecule has 21 heavy (non-hydrogen) atoms. The van der Waals surface area contributed by atoms with E-state index in [-0.39, 0.29) is 6.10 Å². The third-order valence-corrected chi connectivity index (χ3v) is 6.93. The van der Waals surface area contributed by atoms with E-state index in [1.165, 1.54) is 32.1 Å². The zero-order valence-electron chi connectivity index (χ0n) is 13.9. The molecular weight excluding hydrogens is 260 g/mol. The van der Waals surface area contributed by atoms with Gasteiger partial charge in [0.2, 0.25) is 0 Å². The van der Waals surface area contributed by atoms with E-state index in [0.29, 0.717) is 23.2 Å². The van der Waals surface area contributed by atoms with E-state index in [4.69, 9.17) is 0 Å². The summed E-state index contributed by atoms with van der Waals surface area (Å²) in [5, 5.41) is 20.4. The molecule has 0 amide bonds. The second kappa shape index (κ2) is 5.38. The Labute approximate surface area is 129 Å². The van der Waals surface area contributed by atoms with Gasteiger partial charge in [0, 0.05) is 0 Å². The monoisotopic (exact) mass is 292 g/mol.